The number of morpholine rings is 1. The van der Waals surface area contributed by atoms with Gasteiger partial charge in [0.2, 0.25) is 10.0 Å². The Morgan fingerprint density at radius 2 is 1.59 bits per heavy atom. The Labute approximate surface area is 169 Å². The van der Waals surface area contributed by atoms with Gasteiger partial charge in [-0.3, -0.25) is 0 Å². The normalized spacial score (nSPS) is 15.0. The smallest absolute Gasteiger partial charge is 0.343 e. The molecule has 9 heteroatoms. The lowest BCUT2D eigenvalue weighted by atomic mass is 10.1. The zero-order valence-electron chi connectivity index (χ0n) is 16.1. The summed E-state index contributed by atoms with van der Waals surface area (Å²) in [6.45, 7) is 2.88. The molecule has 0 spiro atoms. The number of methoxy groups -OCH3 is 1. The number of rotatable bonds is 5. The highest BCUT2D eigenvalue weighted by atomic mass is 32.2. The molecule has 154 valence electrons. The molecular weight excluding hydrogens is 398 g/mol. The molecule has 3 rings (SSSR count). The summed E-state index contributed by atoms with van der Waals surface area (Å²) in [4.78, 5) is 24.0. The van der Waals surface area contributed by atoms with E-state index in [-0.39, 0.29) is 29.3 Å². The summed E-state index contributed by atoms with van der Waals surface area (Å²) in [5.41, 5.74) is 0.969. The average molecular weight is 419 g/mol. The van der Waals surface area contributed by atoms with E-state index in [0.717, 1.165) is 0 Å². The monoisotopic (exact) mass is 419 g/mol. The number of carbonyl (C=O) groups excluding carboxylic acids is 2. The highest BCUT2D eigenvalue weighted by Gasteiger charge is 2.28. The van der Waals surface area contributed by atoms with Crippen LogP contribution >= 0.6 is 0 Å². The third kappa shape index (κ3) is 4.64. The van der Waals surface area contributed by atoms with Crippen molar-refractivity contribution in [3.05, 3.63) is 59.2 Å². The van der Waals surface area contributed by atoms with Gasteiger partial charge in [-0.05, 0) is 48.9 Å². The number of carbonyl (C=O) groups is 2. The number of hydrogen-bond donors (Lipinski definition) is 0. The molecule has 0 aliphatic carbocycles. The first-order chi connectivity index (χ1) is 13.8. The van der Waals surface area contributed by atoms with E-state index in [4.69, 9.17) is 9.47 Å². The largest absolute Gasteiger partial charge is 0.465 e. The zero-order valence-corrected chi connectivity index (χ0v) is 16.9. The van der Waals surface area contributed by atoms with E-state index in [9.17, 15) is 18.0 Å². The van der Waals surface area contributed by atoms with Crippen LogP contribution in [-0.4, -0.2) is 58.1 Å². The summed E-state index contributed by atoms with van der Waals surface area (Å²) >= 11 is 0. The second kappa shape index (κ2) is 8.73. The maximum atomic E-state index is 12.9. The molecule has 0 radical (unpaired) electrons. The van der Waals surface area contributed by atoms with Crippen LogP contribution in [0.2, 0.25) is 0 Å². The maximum Gasteiger partial charge on any atom is 0.343 e. The first kappa shape index (κ1) is 21.0. The topological polar surface area (TPSA) is 99.2 Å². The summed E-state index contributed by atoms with van der Waals surface area (Å²) in [7, 11) is -2.47. The predicted octanol–water partition coefficient (Wildman–Crippen LogP) is 2.02. The van der Waals surface area contributed by atoms with Gasteiger partial charge in [0.05, 0.1) is 36.3 Å². The van der Waals surface area contributed by atoms with Crippen molar-refractivity contribution in [2.75, 3.05) is 33.4 Å². The van der Waals surface area contributed by atoms with Crippen molar-refractivity contribution < 1.29 is 32.2 Å². The van der Waals surface area contributed by atoms with Crippen LogP contribution < -0.4 is 4.74 Å². The number of benzene rings is 2. The van der Waals surface area contributed by atoms with Crippen LogP contribution in [-0.2, 0) is 19.5 Å². The minimum atomic E-state index is -3.75. The van der Waals surface area contributed by atoms with Crippen molar-refractivity contribution >= 4 is 22.0 Å². The summed E-state index contributed by atoms with van der Waals surface area (Å²) in [5, 5.41) is 0. The fourth-order valence-electron chi connectivity index (χ4n) is 2.87. The molecule has 0 unspecified atom stereocenters. The van der Waals surface area contributed by atoms with Crippen molar-refractivity contribution in [1.29, 1.82) is 0 Å². The molecule has 8 nitrogen and oxygen atoms in total. The van der Waals surface area contributed by atoms with Crippen LogP contribution in [0, 0.1) is 6.92 Å². The van der Waals surface area contributed by atoms with Gasteiger partial charge in [0.25, 0.3) is 0 Å². The molecule has 1 fully saturated rings. The van der Waals surface area contributed by atoms with Gasteiger partial charge < -0.3 is 14.2 Å². The minimum absolute atomic E-state index is 0.0647. The molecule has 1 aliphatic heterocycles. The lowest BCUT2D eigenvalue weighted by Crippen LogP contribution is -2.40. The molecule has 0 saturated carbocycles. The lowest BCUT2D eigenvalue weighted by Gasteiger charge is -2.26. The van der Waals surface area contributed by atoms with Gasteiger partial charge in [0.1, 0.15) is 5.75 Å². The van der Waals surface area contributed by atoms with Crippen LogP contribution in [0.1, 0.15) is 26.3 Å². The SMILES string of the molecule is COC(=O)c1ccc(OC(=O)c2ccc(C)c(S(=O)(=O)N3CCOCC3)c2)cc1. The molecule has 0 N–H and O–H groups in total. The van der Waals surface area contributed by atoms with Gasteiger partial charge in [0, 0.05) is 13.1 Å². The van der Waals surface area contributed by atoms with Crippen LogP contribution in [0.4, 0.5) is 0 Å². The Hall–Kier alpha value is -2.75. The molecule has 29 heavy (non-hydrogen) atoms. The second-order valence-electron chi connectivity index (χ2n) is 6.40. The highest BCUT2D eigenvalue weighted by Crippen LogP contribution is 2.23. The van der Waals surface area contributed by atoms with Gasteiger partial charge in [-0.1, -0.05) is 6.07 Å². The summed E-state index contributed by atoms with van der Waals surface area (Å²) in [5.74, 6) is -0.977. The molecule has 1 aliphatic rings. The zero-order chi connectivity index (χ0) is 21.0. The van der Waals surface area contributed by atoms with Gasteiger partial charge >= 0.3 is 11.9 Å². The fourth-order valence-corrected chi connectivity index (χ4v) is 4.53. The Balaban J connectivity index is 1.81. The van der Waals surface area contributed by atoms with Crippen molar-refractivity contribution in [2.24, 2.45) is 0 Å². The summed E-state index contributed by atoms with van der Waals surface area (Å²) < 4.78 is 42.4. The fraction of sp³-hybridized carbons (Fsp3) is 0.300. The number of ether oxygens (including phenoxy) is 3. The molecule has 0 aromatic heterocycles. The van der Waals surface area contributed by atoms with Gasteiger partial charge in [0.15, 0.2) is 0 Å². The van der Waals surface area contributed by atoms with Crippen LogP contribution in [0.5, 0.6) is 5.75 Å². The highest BCUT2D eigenvalue weighted by molar-refractivity contribution is 7.89. The molecule has 2 aromatic rings. The molecule has 0 atom stereocenters. The minimum Gasteiger partial charge on any atom is -0.465 e. The van der Waals surface area contributed by atoms with Crippen molar-refractivity contribution in [3.63, 3.8) is 0 Å². The molecule has 1 saturated heterocycles. The quantitative estimate of drug-likeness (QED) is 0.540. The van der Waals surface area contributed by atoms with E-state index in [2.05, 4.69) is 4.74 Å². The van der Waals surface area contributed by atoms with E-state index in [1.807, 2.05) is 0 Å². The van der Waals surface area contributed by atoms with E-state index in [1.165, 1.54) is 47.8 Å². The number of aryl methyl sites for hydroxylation is 1. The molecule has 0 bridgehead atoms. The van der Waals surface area contributed by atoms with E-state index < -0.39 is 22.0 Å². The Kier molecular flexibility index (Phi) is 6.31. The average Bonchev–Trinajstić information content (AvgIpc) is 2.74. The van der Waals surface area contributed by atoms with Crippen LogP contribution in [0.15, 0.2) is 47.4 Å². The Morgan fingerprint density at radius 1 is 0.966 bits per heavy atom. The summed E-state index contributed by atoms with van der Waals surface area (Å²) in [6, 6.07) is 10.3. The van der Waals surface area contributed by atoms with Crippen molar-refractivity contribution in [1.82, 2.24) is 4.31 Å². The predicted molar refractivity (Wildman–Crippen MR) is 103 cm³/mol. The van der Waals surface area contributed by atoms with E-state index in [1.54, 1.807) is 13.0 Å². The van der Waals surface area contributed by atoms with Gasteiger partial charge in [-0.2, -0.15) is 4.31 Å². The Bertz CT molecular complexity index is 1010. The summed E-state index contributed by atoms with van der Waals surface area (Å²) in [6.07, 6.45) is 0. The third-order valence-electron chi connectivity index (χ3n) is 4.50. The number of sulfonamides is 1. The van der Waals surface area contributed by atoms with Crippen molar-refractivity contribution in [2.45, 2.75) is 11.8 Å². The van der Waals surface area contributed by atoms with E-state index >= 15 is 0 Å². The van der Waals surface area contributed by atoms with Gasteiger partial charge in [-0.15, -0.1) is 0 Å². The first-order valence-electron chi connectivity index (χ1n) is 8.92. The molecule has 0 amide bonds. The van der Waals surface area contributed by atoms with Gasteiger partial charge in [-0.25, -0.2) is 18.0 Å². The number of nitrogens with zero attached hydrogens (tertiary/aromatic N) is 1. The lowest BCUT2D eigenvalue weighted by molar-refractivity contribution is 0.0600. The number of hydrogen-bond acceptors (Lipinski definition) is 7. The molecule has 1 heterocycles. The van der Waals surface area contributed by atoms with Crippen LogP contribution in [0.3, 0.4) is 0 Å². The van der Waals surface area contributed by atoms with E-state index in [0.29, 0.717) is 24.3 Å². The van der Waals surface area contributed by atoms with Crippen molar-refractivity contribution in [3.8, 4) is 5.75 Å². The molecule has 2 aromatic carbocycles. The second-order valence-corrected chi connectivity index (χ2v) is 8.31. The Morgan fingerprint density at radius 3 is 2.21 bits per heavy atom. The standard InChI is InChI=1S/C20H21NO7S/c1-14-3-4-16(13-18(14)29(24,25)21-9-11-27-12-10-21)20(23)28-17-7-5-15(6-8-17)19(22)26-2/h3-8,13H,9-12H2,1-2H3. The first-order valence-corrected chi connectivity index (χ1v) is 10.4. The number of esters is 2. The van der Waals surface area contributed by atoms with Crippen LogP contribution in [0.25, 0.3) is 0 Å². The third-order valence-corrected chi connectivity index (χ3v) is 6.54. The maximum absolute atomic E-state index is 12.9. The molecular formula is C20H21NO7S.